The molecule has 0 aliphatic carbocycles. The lowest BCUT2D eigenvalue weighted by atomic mass is 9.87. The third kappa shape index (κ3) is 6.17. The highest BCUT2D eigenvalue weighted by Crippen LogP contribution is 2.35. The molecule has 1 aromatic heterocycles. The predicted octanol–water partition coefficient (Wildman–Crippen LogP) is 4.35. The summed E-state index contributed by atoms with van der Waals surface area (Å²) in [5, 5.41) is 15.2. The molecule has 1 aliphatic heterocycles. The van der Waals surface area contributed by atoms with Crippen LogP contribution >= 0.6 is 23.2 Å². The van der Waals surface area contributed by atoms with Crippen LogP contribution in [-0.2, 0) is 4.79 Å². The van der Waals surface area contributed by atoms with E-state index in [9.17, 15) is 13.6 Å². The number of amides is 1. The van der Waals surface area contributed by atoms with E-state index in [4.69, 9.17) is 28.6 Å². The summed E-state index contributed by atoms with van der Waals surface area (Å²) in [5.74, 6) is -4.11. The van der Waals surface area contributed by atoms with Crippen LogP contribution in [0.2, 0.25) is 10.0 Å². The van der Waals surface area contributed by atoms with Gasteiger partial charge in [0, 0.05) is 36.8 Å². The van der Waals surface area contributed by atoms with Gasteiger partial charge in [-0.2, -0.15) is 0 Å². The van der Waals surface area contributed by atoms with Gasteiger partial charge in [0.25, 0.3) is 11.8 Å². The number of nitrogens with zero attached hydrogens (tertiary/aromatic N) is 3. The SMILES string of the molecule is CN/C=C(\C(=N)C(=O)N1CC(F)(F)C[C@@H](C)C1CNc1ncc(Cl)cn1)c1ccc(Cl)cc1. The van der Waals surface area contributed by atoms with Gasteiger partial charge in [0.05, 0.1) is 30.0 Å². The minimum atomic E-state index is -3.06. The Kier molecular flexibility index (Phi) is 7.86. The van der Waals surface area contributed by atoms with Crippen LogP contribution in [0.1, 0.15) is 18.9 Å². The maximum absolute atomic E-state index is 14.5. The molecule has 1 unspecified atom stereocenters. The molecule has 7 nitrogen and oxygen atoms in total. The molecule has 1 fully saturated rings. The van der Waals surface area contributed by atoms with Gasteiger partial charge in [-0.05, 0) is 23.6 Å². The largest absolute Gasteiger partial charge is 0.393 e. The molecule has 1 saturated heterocycles. The van der Waals surface area contributed by atoms with Gasteiger partial charge in [-0.15, -0.1) is 0 Å². The average molecular weight is 497 g/mol. The number of hydrogen-bond donors (Lipinski definition) is 3. The topological polar surface area (TPSA) is 94.0 Å². The first-order valence-corrected chi connectivity index (χ1v) is 11.0. The zero-order valence-electron chi connectivity index (χ0n) is 18.1. The molecule has 1 aliphatic rings. The van der Waals surface area contributed by atoms with E-state index in [1.54, 1.807) is 38.2 Å². The summed E-state index contributed by atoms with van der Waals surface area (Å²) in [6.07, 6.45) is 3.95. The lowest BCUT2D eigenvalue weighted by Gasteiger charge is -2.43. The molecule has 0 spiro atoms. The van der Waals surface area contributed by atoms with E-state index >= 15 is 0 Å². The Morgan fingerprint density at radius 1 is 1.24 bits per heavy atom. The van der Waals surface area contributed by atoms with Gasteiger partial charge < -0.3 is 15.5 Å². The first-order valence-electron chi connectivity index (χ1n) is 10.2. The van der Waals surface area contributed by atoms with E-state index in [2.05, 4.69) is 20.6 Å². The van der Waals surface area contributed by atoms with Crippen molar-refractivity contribution in [3.05, 3.63) is 58.5 Å². The zero-order valence-corrected chi connectivity index (χ0v) is 19.6. The third-order valence-corrected chi connectivity index (χ3v) is 5.80. The van der Waals surface area contributed by atoms with E-state index < -0.39 is 36.0 Å². The van der Waals surface area contributed by atoms with E-state index in [0.717, 1.165) is 4.90 Å². The number of anilines is 1. The second kappa shape index (κ2) is 10.4. The maximum atomic E-state index is 14.5. The molecule has 0 bridgehead atoms. The van der Waals surface area contributed by atoms with Gasteiger partial charge >= 0.3 is 0 Å². The molecule has 1 aromatic carbocycles. The number of carbonyl (C=O) groups is 1. The van der Waals surface area contributed by atoms with Gasteiger partial charge in [-0.3, -0.25) is 10.2 Å². The molecular formula is C22H24Cl2F2N6O. The fourth-order valence-corrected chi connectivity index (χ4v) is 4.03. The number of benzene rings is 1. The number of hydrogen-bond acceptors (Lipinski definition) is 6. The van der Waals surface area contributed by atoms with Crippen molar-refractivity contribution in [3.8, 4) is 0 Å². The molecule has 2 heterocycles. The van der Waals surface area contributed by atoms with Gasteiger partial charge in [0.2, 0.25) is 5.95 Å². The summed E-state index contributed by atoms with van der Waals surface area (Å²) in [6, 6.07) is 6.00. The monoisotopic (exact) mass is 496 g/mol. The first kappa shape index (κ1) is 24.9. The number of carbonyl (C=O) groups excluding carboxylic acids is 1. The Morgan fingerprint density at radius 2 is 1.88 bits per heavy atom. The number of aromatic nitrogens is 2. The molecule has 1 amide bonds. The zero-order chi connectivity index (χ0) is 24.2. The number of alkyl halides is 2. The van der Waals surface area contributed by atoms with Crippen molar-refractivity contribution in [2.24, 2.45) is 5.92 Å². The van der Waals surface area contributed by atoms with Crippen molar-refractivity contribution in [3.63, 3.8) is 0 Å². The van der Waals surface area contributed by atoms with Crippen molar-refractivity contribution in [2.45, 2.75) is 25.3 Å². The summed E-state index contributed by atoms with van der Waals surface area (Å²) in [7, 11) is 1.63. The number of halogens is 4. The van der Waals surface area contributed by atoms with Crippen LogP contribution in [-0.4, -0.2) is 58.6 Å². The highest BCUT2D eigenvalue weighted by Gasteiger charge is 2.46. The molecule has 0 saturated carbocycles. The quantitative estimate of drug-likeness (QED) is 0.495. The van der Waals surface area contributed by atoms with Gasteiger partial charge in [-0.1, -0.05) is 42.3 Å². The Hall–Kier alpha value is -2.78. The summed E-state index contributed by atoms with van der Waals surface area (Å²) >= 11 is 11.7. The second-order valence-electron chi connectivity index (χ2n) is 7.87. The smallest absolute Gasteiger partial charge is 0.272 e. The molecule has 11 heteroatoms. The fourth-order valence-electron chi connectivity index (χ4n) is 3.81. The minimum absolute atomic E-state index is 0.143. The Balaban J connectivity index is 1.86. The van der Waals surface area contributed by atoms with E-state index in [-0.39, 0.29) is 24.5 Å². The summed E-state index contributed by atoms with van der Waals surface area (Å²) in [5.41, 5.74) is 0.436. The van der Waals surface area contributed by atoms with Crippen LogP contribution in [0, 0.1) is 11.3 Å². The Morgan fingerprint density at radius 3 is 2.48 bits per heavy atom. The predicted molar refractivity (Wildman–Crippen MR) is 126 cm³/mol. The van der Waals surface area contributed by atoms with Gasteiger partial charge in [0.15, 0.2) is 0 Å². The van der Waals surface area contributed by atoms with Crippen molar-refractivity contribution in [1.29, 1.82) is 5.41 Å². The van der Waals surface area contributed by atoms with Crippen LogP contribution in [0.15, 0.2) is 42.9 Å². The number of nitrogens with one attached hydrogen (secondary N) is 3. The lowest BCUT2D eigenvalue weighted by Crippen LogP contribution is -2.58. The van der Waals surface area contributed by atoms with Crippen molar-refractivity contribution < 1.29 is 13.6 Å². The van der Waals surface area contributed by atoms with Crippen molar-refractivity contribution in [2.75, 3.05) is 25.5 Å². The first-order chi connectivity index (χ1) is 15.6. The number of likely N-dealkylation sites (tertiary alicyclic amines) is 1. The van der Waals surface area contributed by atoms with Crippen molar-refractivity contribution >= 4 is 46.3 Å². The van der Waals surface area contributed by atoms with Crippen LogP contribution in [0.25, 0.3) is 5.57 Å². The molecule has 176 valence electrons. The Bertz CT molecular complexity index is 1030. The van der Waals surface area contributed by atoms with Crippen LogP contribution in [0.4, 0.5) is 14.7 Å². The van der Waals surface area contributed by atoms with Gasteiger partial charge in [0.1, 0.15) is 5.71 Å². The number of piperidine rings is 1. The molecule has 3 N–H and O–H groups in total. The fraction of sp³-hybridized carbons (Fsp3) is 0.364. The van der Waals surface area contributed by atoms with E-state index in [1.165, 1.54) is 18.6 Å². The van der Waals surface area contributed by atoms with Crippen molar-refractivity contribution in [1.82, 2.24) is 20.2 Å². The molecule has 2 atom stereocenters. The summed E-state index contributed by atoms with van der Waals surface area (Å²) in [4.78, 5) is 22.5. The molecule has 33 heavy (non-hydrogen) atoms. The molecule has 2 aromatic rings. The van der Waals surface area contributed by atoms with Crippen LogP contribution in [0.5, 0.6) is 0 Å². The molecule has 0 radical (unpaired) electrons. The highest BCUT2D eigenvalue weighted by molar-refractivity contribution is 6.54. The lowest BCUT2D eigenvalue weighted by molar-refractivity contribution is -0.145. The highest BCUT2D eigenvalue weighted by atomic mass is 35.5. The standard InChI is InChI=1S/C22H24Cl2F2N6O/c1-13-7-22(25,26)12-32(18(13)11-31-21-29-8-16(24)9-30-21)20(33)19(27)17(10-28-2)14-3-5-15(23)6-4-14/h3-6,8-10,13,18,27-28H,7,11-12H2,1-2H3,(H,29,30,31)/b17-10-,27-19?/t13-,18?/m1/s1. The number of rotatable bonds is 7. The minimum Gasteiger partial charge on any atom is -0.393 e. The summed E-state index contributed by atoms with van der Waals surface area (Å²) in [6.45, 7) is 1.03. The van der Waals surface area contributed by atoms with E-state index in [0.29, 0.717) is 15.6 Å². The van der Waals surface area contributed by atoms with Gasteiger partial charge in [-0.25, -0.2) is 18.7 Å². The normalized spacial score (nSPS) is 20.3. The van der Waals surface area contributed by atoms with Crippen LogP contribution < -0.4 is 10.6 Å². The molecular weight excluding hydrogens is 473 g/mol. The third-order valence-electron chi connectivity index (χ3n) is 5.36. The van der Waals surface area contributed by atoms with E-state index in [1.807, 2.05) is 0 Å². The summed E-state index contributed by atoms with van der Waals surface area (Å²) < 4.78 is 28.9. The average Bonchev–Trinajstić information content (AvgIpc) is 2.77. The maximum Gasteiger partial charge on any atom is 0.272 e. The van der Waals surface area contributed by atoms with Crippen LogP contribution in [0.3, 0.4) is 0 Å². The Labute approximate surface area is 200 Å². The molecule has 3 rings (SSSR count). The second-order valence-corrected chi connectivity index (χ2v) is 8.75.